The van der Waals surface area contributed by atoms with Gasteiger partial charge in [0.15, 0.2) is 5.69 Å². The molecule has 0 aliphatic rings. The minimum absolute atomic E-state index is 0.0350. The molecule has 3 aromatic rings. The fourth-order valence-electron chi connectivity index (χ4n) is 3.50. The Labute approximate surface area is 183 Å². The van der Waals surface area contributed by atoms with Crippen molar-refractivity contribution >= 4 is 11.8 Å². The minimum atomic E-state index is -1.25. The van der Waals surface area contributed by atoms with E-state index in [0.717, 1.165) is 10.3 Å². The number of nitrogens with one attached hydrogen (secondary N) is 1. The monoisotopic (exact) mass is 441 g/mol. The van der Waals surface area contributed by atoms with Gasteiger partial charge in [-0.2, -0.15) is 0 Å². The molecular weight excluding hydrogens is 417 g/mol. The molecule has 2 amide bonds. The van der Waals surface area contributed by atoms with Crippen LogP contribution in [0.15, 0.2) is 41.2 Å². The maximum atomic E-state index is 13.5. The number of aryl methyl sites for hydroxylation is 1. The third-order valence-corrected chi connectivity index (χ3v) is 5.28. The maximum absolute atomic E-state index is 13.5. The van der Waals surface area contributed by atoms with Gasteiger partial charge in [0.25, 0.3) is 17.4 Å². The number of carbonyl (C=O) groups is 2. The van der Waals surface area contributed by atoms with Crippen molar-refractivity contribution in [1.82, 2.24) is 19.4 Å². The van der Waals surface area contributed by atoms with Crippen molar-refractivity contribution in [2.45, 2.75) is 32.9 Å². The highest BCUT2D eigenvalue weighted by atomic mass is 19.1. The van der Waals surface area contributed by atoms with Crippen LogP contribution in [0.2, 0.25) is 0 Å². The first-order valence-electron chi connectivity index (χ1n) is 9.75. The number of nitrogens with two attached hydrogens (primary N) is 1. The molecular formula is C22H24FN5O4. The van der Waals surface area contributed by atoms with Crippen molar-refractivity contribution in [3.05, 3.63) is 81.0 Å². The average Bonchev–Trinajstić information content (AvgIpc) is 3.17. The van der Waals surface area contributed by atoms with Gasteiger partial charge in [-0.05, 0) is 50.6 Å². The third-order valence-electron chi connectivity index (χ3n) is 5.28. The topological polar surface area (TPSA) is 134 Å². The summed E-state index contributed by atoms with van der Waals surface area (Å²) >= 11 is 0. The second-order valence-electron chi connectivity index (χ2n) is 7.99. The van der Waals surface area contributed by atoms with Crippen LogP contribution in [0.5, 0.6) is 5.75 Å². The molecule has 0 radical (unpaired) electrons. The second-order valence-corrected chi connectivity index (χ2v) is 7.99. The molecule has 2 heterocycles. The first-order valence-corrected chi connectivity index (χ1v) is 9.75. The van der Waals surface area contributed by atoms with E-state index >= 15 is 0 Å². The number of carbonyl (C=O) groups excluding carboxylic acids is 2. The van der Waals surface area contributed by atoms with Crippen molar-refractivity contribution in [2.24, 2.45) is 12.8 Å². The number of amides is 2. The van der Waals surface area contributed by atoms with Gasteiger partial charge < -0.3 is 20.7 Å². The second kappa shape index (κ2) is 8.29. The highest BCUT2D eigenvalue weighted by molar-refractivity contribution is 5.94. The van der Waals surface area contributed by atoms with Crippen LogP contribution in [-0.2, 0) is 19.1 Å². The van der Waals surface area contributed by atoms with Gasteiger partial charge >= 0.3 is 0 Å². The first-order chi connectivity index (χ1) is 14.9. The highest BCUT2D eigenvalue weighted by Gasteiger charge is 2.38. The van der Waals surface area contributed by atoms with Gasteiger partial charge in [-0.1, -0.05) is 12.1 Å². The molecule has 0 aliphatic carbocycles. The smallest absolute Gasteiger partial charge is 0.296 e. The number of hydrogen-bond donors (Lipinski definition) is 3. The zero-order valence-corrected chi connectivity index (χ0v) is 18.1. The van der Waals surface area contributed by atoms with Gasteiger partial charge in [0.1, 0.15) is 17.3 Å². The average molecular weight is 441 g/mol. The number of benzene rings is 1. The molecule has 4 N–H and O–H groups in total. The van der Waals surface area contributed by atoms with Crippen LogP contribution in [0.1, 0.15) is 51.9 Å². The Bertz CT molecular complexity index is 1240. The largest absolute Gasteiger partial charge is 0.501 e. The number of H-pyrrole nitrogens is 1. The molecule has 0 atom stereocenters. The van der Waals surface area contributed by atoms with E-state index in [4.69, 9.17) is 5.73 Å². The number of nitrogens with zero attached hydrogens (tertiary/aromatic N) is 3. The van der Waals surface area contributed by atoms with E-state index in [1.54, 1.807) is 45.0 Å². The van der Waals surface area contributed by atoms with Crippen LogP contribution in [-0.4, -0.2) is 36.4 Å². The number of aromatic amines is 1. The van der Waals surface area contributed by atoms with Gasteiger partial charge in [-0.15, -0.1) is 0 Å². The molecule has 9 nitrogen and oxygen atoms in total. The van der Waals surface area contributed by atoms with E-state index in [1.165, 1.54) is 24.1 Å². The van der Waals surface area contributed by atoms with E-state index in [-0.39, 0.29) is 12.4 Å². The van der Waals surface area contributed by atoms with Crippen LogP contribution in [0, 0.1) is 12.7 Å². The molecule has 0 aliphatic heterocycles. The first kappa shape index (κ1) is 22.7. The molecule has 0 fully saturated rings. The molecule has 1 aromatic carbocycles. The number of rotatable bonds is 6. The van der Waals surface area contributed by atoms with E-state index < -0.39 is 40.2 Å². The highest BCUT2D eigenvalue weighted by Crippen LogP contribution is 2.30. The summed E-state index contributed by atoms with van der Waals surface area (Å²) in [6, 6.07) is 9.03. The van der Waals surface area contributed by atoms with Crippen LogP contribution < -0.4 is 11.3 Å². The molecule has 0 bridgehead atoms. The Kier molecular flexibility index (Phi) is 5.89. The quantitative estimate of drug-likeness (QED) is 0.537. The number of hydrogen-bond acceptors (Lipinski definition) is 5. The zero-order chi connectivity index (χ0) is 23.8. The summed E-state index contributed by atoms with van der Waals surface area (Å²) in [6.07, 6.45) is 0. The van der Waals surface area contributed by atoms with Crippen LogP contribution >= 0.6 is 0 Å². The lowest BCUT2D eigenvalue weighted by Crippen LogP contribution is -2.48. The van der Waals surface area contributed by atoms with Crippen molar-refractivity contribution in [3.63, 3.8) is 0 Å². The number of aromatic hydroxyl groups is 1. The molecule has 10 heteroatoms. The zero-order valence-electron chi connectivity index (χ0n) is 18.1. The predicted molar refractivity (Wildman–Crippen MR) is 114 cm³/mol. The Morgan fingerprint density at radius 1 is 1.22 bits per heavy atom. The van der Waals surface area contributed by atoms with E-state index in [9.17, 15) is 23.9 Å². The van der Waals surface area contributed by atoms with Gasteiger partial charge in [0, 0.05) is 19.3 Å². The summed E-state index contributed by atoms with van der Waals surface area (Å²) in [5.74, 6) is -2.73. The van der Waals surface area contributed by atoms with Gasteiger partial charge in [0.2, 0.25) is 5.75 Å². The summed E-state index contributed by atoms with van der Waals surface area (Å²) in [6.45, 7) is 5.14. The van der Waals surface area contributed by atoms with E-state index in [1.807, 2.05) is 0 Å². The lowest BCUT2D eigenvalue weighted by atomic mass is 9.98. The fraction of sp³-hybridized carbons (Fsp3) is 0.273. The standard InChI is InChI=1S/C22H24FN5O4/c1-12-5-10-15(25-12)19(31)28(11-13-6-8-14(23)9-7-13)22(2,3)21-26-16(18(24)30)17(29)20(32)27(21)4/h5-10,25,29H,11H2,1-4H3,(H2,24,30). The van der Waals surface area contributed by atoms with E-state index in [2.05, 4.69) is 9.97 Å². The van der Waals surface area contributed by atoms with Gasteiger partial charge in [-0.25, -0.2) is 9.37 Å². The molecule has 168 valence electrons. The fourth-order valence-corrected chi connectivity index (χ4v) is 3.50. The SMILES string of the molecule is Cc1ccc(C(=O)N(Cc2ccc(F)cc2)C(C)(C)c2nc(C(N)=O)c(O)c(=O)n2C)[nH]1. The Hall–Kier alpha value is -3.95. The molecule has 0 spiro atoms. The van der Waals surface area contributed by atoms with Crippen molar-refractivity contribution in [3.8, 4) is 5.75 Å². The molecule has 3 rings (SSSR count). The summed E-state index contributed by atoms with van der Waals surface area (Å²) in [7, 11) is 1.37. The van der Waals surface area contributed by atoms with Crippen LogP contribution in [0.3, 0.4) is 0 Å². The van der Waals surface area contributed by atoms with Gasteiger partial charge in [0.05, 0.1) is 5.54 Å². The lowest BCUT2D eigenvalue weighted by Gasteiger charge is -2.39. The third kappa shape index (κ3) is 4.11. The number of halogens is 1. The molecule has 0 saturated carbocycles. The lowest BCUT2D eigenvalue weighted by molar-refractivity contribution is 0.0478. The van der Waals surface area contributed by atoms with Crippen molar-refractivity contribution in [1.29, 1.82) is 0 Å². The maximum Gasteiger partial charge on any atom is 0.296 e. The van der Waals surface area contributed by atoms with Crippen LogP contribution in [0.25, 0.3) is 0 Å². The Balaban J connectivity index is 2.18. The van der Waals surface area contributed by atoms with E-state index in [0.29, 0.717) is 11.3 Å². The van der Waals surface area contributed by atoms with Crippen LogP contribution in [0.4, 0.5) is 4.39 Å². The van der Waals surface area contributed by atoms with Crippen molar-refractivity contribution in [2.75, 3.05) is 0 Å². The summed E-state index contributed by atoms with van der Waals surface area (Å²) in [5, 5.41) is 10.0. The number of aromatic nitrogens is 3. The summed E-state index contributed by atoms with van der Waals surface area (Å²) < 4.78 is 14.5. The Morgan fingerprint density at radius 2 is 1.84 bits per heavy atom. The number of primary amides is 1. The summed E-state index contributed by atoms with van der Waals surface area (Å²) in [4.78, 5) is 46.3. The van der Waals surface area contributed by atoms with Crippen molar-refractivity contribution < 1.29 is 19.1 Å². The normalized spacial score (nSPS) is 11.4. The minimum Gasteiger partial charge on any atom is -0.501 e. The molecule has 0 unspecified atom stereocenters. The summed E-state index contributed by atoms with van der Waals surface area (Å²) in [5.41, 5.74) is 4.29. The molecule has 0 saturated heterocycles. The molecule has 2 aromatic heterocycles. The predicted octanol–water partition coefficient (Wildman–Crippen LogP) is 1.94. The molecule has 32 heavy (non-hydrogen) atoms. The van der Waals surface area contributed by atoms with Gasteiger partial charge in [-0.3, -0.25) is 19.0 Å². The Morgan fingerprint density at radius 3 is 2.38 bits per heavy atom.